The number of aryl methyl sites for hydroxylation is 2. The summed E-state index contributed by atoms with van der Waals surface area (Å²) in [6.07, 6.45) is 6.18. The average molecular weight is 639 g/mol. The molecule has 0 aliphatic carbocycles. The molecule has 46 heavy (non-hydrogen) atoms. The number of nitrogens with one attached hydrogen (secondary N) is 1. The minimum absolute atomic E-state index is 0.0126. The zero-order valence-electron chi connectivity index (χ0n) is 27.4. The van der Waals surface area contributed by atoms with E-state index >= 15 is 0 Å². The second-order valence-corrected chi connectivity index (χ2v) is 13.7. The van der Waals surface area contributed by atoms with Crippen LogP contribution in [0.1, 0.15) is 86.7 Å². The topological polar surface area (TPSA) is 102 Å². The first kappa shape index (κ1) is 31.8. The van der Waals surface area contributed by atoms with Crippen molar-refractivity contribution < 1.29 is 14.3 Å². The largest absolute Gasteiger partial charge is 0.488 e. The second-order valence-electron chi connectivity index (χ2n) is 12.9. The van der Waals surface area contributed by atoms with Crippen LogP contribution in [0.2, 0.25) is 0 Å². The van der Waals surface area contributed by atoms with E-state index in [1.165, 1.54) is 11.9 Å². The van der Waals surface area contributed by atoms with Gasteiger partial charge in [-0.15, -0.1) is 0 Å². The van der Waals surface area contributed by atoms with Gasteiger partial charge in [0.1, 0.15) is 6.10 Å². The molecule has 0 saturated carbocycles. The Morgan fingerprint density at radius 1 is 1.00 bits per heavy atom. The quantitative estimate of drug-likeness (QED) is 0.211. The van der Waals surface area contributed by atoms with Crippen LogP contribution < -0.4 is 14.2 Å². The zero-order valence-corrected chi connectivity index (χ0v) is 28.2. The van der Waals surface area contributed by atoms with Gasteiger partial charge < -0.3 is 14.4 Å². The van der Waals surface area contributed by atoms with Crippen molar-refractivity contribution in [2.45, 2.75) is 96.4 Å². The van der Waals surface area contributed by atoms with Crippen LogP contribution in [-0.2, 0) is 0 Å². The molecule has 2 aliphatic rings. The lowest BCUT2D eigenvalue weighted by atomic mass is 9.95. The van der Waals surface area contributed by atoms with Crippen molar-refractivity contribution in [3.63, 3.8) is 0 Å². The Hall–Kier alpha value is -4.18. The summed E-state index contributed by atoms with van der Waals surface area (Å²) in [6, 6.07) is 15.3. The number of aromatic nitrogens is 4. The summed E-state index contributed by atoms with van der Waals surface area (Å²) in [4.78, 5) is 36.8. The molecule has 2 aromatic heterocycles. The van der Waals surface area contributed by atoms with E-state index in [-0.39, 0.29) is 30.2 Å². The van der Waals surface area contributed by atoms with E-state index in [1.54, 1.807) is 12.4 Å². The van der Waals surface area contributed by atoms with Gasteiger partial charge in [0.25, 0.3) is 5.91 Å². The molecule has 2 aliphatic heterocycles. The highest BCUT2D eigenvalue weighted by atomic mass is 32.2. The maximum absolute atomic E-state index is 14.7. The lowest BCUT2D eigenvalue weighted by Crippen LogP contribution is -2.50. The van der Waals surface area contributed by atoms with Crippen molar-refractivity contribution >= 4 is 23.8 Å². The molecule has 4 heterocycles. The lowest BCUT2D eigenvalue weighted by molar-refractivity contribution is 0.0257. The predicted octanol–water partition coefficient (Wildman–Crippen LogP) is 8.00. The van der Waals surface area contributed by atoms with Gasteiger partial charge >= 0.3 is 0 Å². The van der Waals surface area contributed by atoms with Crippen LogP contribution in [0, 0.1) is 19.8 Å². The first-order valence-electron chi connectivity index (χ1n) is 16.1. The van der Waals surface area contributed by atoms with E-state index in [9.17, 15) is 4.79 Å². The molecule has 10 heteroatoms. The first-order valence-corrected chi connectivity index (χ1v) is 16.9. The van der Waals surface area contributed by atoms with E-state index in [1.807, 2.05) is 49.1 Å². The summed E-state index contributed by atoms with van der Waals surface area (Å²) >= 11 is 1.37. The molecule has 4 aromatic rings. The number of anilines is 1. The molecule has 3 atom stereocenters. The molecule has 1 amide bonds. The van der Waals surface area contributed by atoms with Crippen LogP contribution >= 0.6 is 11.9 Å². The maximum Gasteiger partial charge on any atom is 0.254 e. The Kier molecular flexibility index (Phi) is 9.44. The smallest absolute Gasteiger partial charge is 0.254 e. The number of hydrogen-bond donors (Lipinski definition) is 1. The molecule has 9 nitrogen and oxygen atoms in total. The number of nitrogens with zero attached hydrogens (tertiary/aromatic N) is 5. The number of benzene rings is 2. The molecule has 1 N–H and O–H groups in total. The Morgan fingerprint density at radius 2 is 1.74 bits per heavy atom. The second kappa shape index (κ2) is 13.7. The molecule has 0 radical (unpaired) electrons. The van der Waals surface area contributed by atoms with Crippen molar-refractivity contribution in [3.8, 4) is 22.9 Å². The highest BCUT2D eigenvalue weighted by Crippen LogP contribution is 2.39. The minimum atomic E-state index is -0.330. The number of carbonyl (C=O) groups is 1. The molecule has 6 rings (SSSR count). The van der Waals surface area contributed by atoms with Crippen LogP contribution in [0.5, 0.6) is 11.6 Å². The van der Waals surface area contributed by atoms with E-state index in [0.29, 0.717) is 41.3 Å². The van der Waals surface area contributed by atoms with Crippen molar-refractivity contribution in [2.75, 3.05) is 4.72 Å². The van der Waals surface area contributed by atoms with Crippen molar-refractivity contribution in [1.29, 1.82) is 0 Å². The van der Waals surface area contributed by atoms with Crippen LogP contribution in [0.25, 0.3) is 11.3 Å². The number of hydrogen-bond acceptors (Lipinski definition) is 9. The number of rotatable bonds is 6. The number of amides is 1. The highest BCUT2D eigenvalue weighted by molar-refractivity contribution is 8.00. The Bertz CT molecular complexity index is 1680. The molecular weight excluding hydrogens is 597 g/mol. The van der Waals surface area contributed by atoms with Gasteiger partial charge in [-0.1, -0.05) is 38.1 Å². The Morgan fingerprint density at radius 3 is 2.46 bits per heavy atom. The molecule has 240 valence electrons. The van der Waals surface area contributed by atoms with Crippen molar-refractivity contribution in [2.24, 2.45) is 5.92 Å². The van der Waals surface area contributed by atoms with E-state index < -0.39 is 0 Å². The highest BCUT2D eigenvalue weighted by Gasteiger charge is 2.42. The van der Waals surface area contributed by atoms with Crippen LogP contribution in [0.15, 0.2) is 65.8 Å². The third-order valence-corrected chi connectivity index (χ3v) is 9.18. The van der Waals surface area contributed by atoms with Crippen LogP contribution in [0.3, 0.4) is 0 Å². The van der Waals surface area contributed by atoms with Gasteiger partial charge in [0.15, 0.2) is 11.6 Å². The summed E-state index contributed by atoms with van der Waals surface area (Å²) < 4.78 is 16.0. The van der Waals surface area contributed by atoms with Gasteiger partial charge in [0.2, 0.25) is 11.8 Å². The standard InChI is InChI=1S/C36H42N6O3S/c1-21(2)16-30-31-15-9-14-29(34-37-19-26(20-38-34)44-22(3)4)42(30)35(43)25-12-8-13-27(17-25)46-41-36-39-28(18-32(40-36)45-31)33-23(5)10-7-11-24(33)6/h7-8,10-13,17-22,29-31H,9,14-16H2,1-6H3,(H,39,40,41)/t29?,30-,31?/m1/s1. The Labute approximate surface area is 275 Å². The van der Waals surface area contributed by atoms with Gasteiger partial charge in [-0.05, 0) is 101 Å². The summed E-state index contributed by atoms with van der Waals surface area (Å²) in [5.74, 6) is 2.40. The molecule has 1 fully saturated rings. The number of carbonyl (C=O) groups excluding carboxylic acids is 1. The first-order chi connectivity index (χ1) is 22.2. The number of ether oxygens (including phenoxy) is 2. The molecule has 0 spiro atoms. The van der Waals surface area contributed by atoms with Gasteiger partial charge in [0.05, 0.1) is 36.3 Å². The summed E-state index contributed by atoms with van der Waals surface area (Å²) in [5.41, 5.74) is 4.72. The zero-order chi connectivity index (χ0) is 32.4. The van der Waals surface area contributed by atoms with Crippen LogP contribution in [0.4, 0.5) is 5.95 Å². The fourth-order valence-electron chi connectivity index (χ4n) is 6.50. The molecule has 2 aromatic carbocycles. The normalized spacial score (nSPS) is 19.8. The summed E-state index contributed by atoms with van der Waals surface area (Å²) in [6.45, 7) is 12.5. The van der Waals surface area contributed by atoms with Crippen molar-refractivity contribution in [3.05, 3.63) is 83.4 Å². The Balaban J connectivity index is 1.49. The van der Waals surface area contributed by atoms with Gasteiger partial charge in [-0.3, -0.25) is 9.52 Å². The maximum atomic E-state index is 14.7. The molecular formula is C36H42N6O3S. The van der Waals surface area contributed by atoms with E-state index in [0.717, 1.165) is 46.5 Å². The van der Waals surface area contributed by atoms with Gasteiger partial charge in [0, 0.05) is 22.1 Å². The fraction of sp³-hybridized carbons (Fsp3) is 0.417. The average Bonchev–Trinajstić information content (AvgIpc) is 3.18. The third kappa shape index (κ3) is 6.97. The molecule has 1 saturated heterocycles. The summed E-state index contributed by atoms with van der Waals surface area (Å²) in [5, 5.41) is 0. The van der Waals surface area contributed by atoms with E-state index in [4.69, 9.17) is 29.4 Å². The molecule has 6 bridgehead atoms. The number of fused-ring (bicyclic) bond motifs is 6. The lowest BCUT2D eigenvalue weighted by Gasteiger charge is -2.39. The van der Waals surface area contributed by atoms with E-state index in [2.05, 4.69) is 50.6 Å². The van der Waals surface area contributed by atoms with Gasteiger partial charge in [-0.25, -0.2) is 15.0 Å². The van der Waals surface area contributed by atoms with Crippen molar-refractivity contribution in [1.82, 2.24) is 24.8 Å². The molecule has 2 unspecified atom stereocenters. The summed E-state index contributed by atoms with van der Waals surface area (Å²) in [7, 11) is 0. The van der Waals surface area contributed by atoms with Gasteiger partial charge in [-0.2, -0.15) is 4.98 Å². The fourth-order valence-corrected chi connectivity index (χ4v) is 7.13. The minimum Gasteiger partial charge on any atom is -0.488 e. The predicted molar refractivity (Wildman–Crippen MR) is 181 cm³/mol. The van der Waals surface area contributed by atoms with Crippen LogP contribution in [-0.4, -0.2) is 49.0 Å². The third-order valence-electron chi connectivity index (χ3n) is 8.41. The SMILES string of the molecule is Cc1cccc(C)c1-c1cc2nc(n1)NSc1cccc(c1)C(=O)N1C(c3ncc(OC(C)C)cn3)CCCC(O2)[C@H]1CC(C)C. The monoisotopic (exact) mass is 638 g/mol.